The molecule has 1 aromatic carbocycles. The Morgan fingerprint density at radius 3 is 2.90 bits per heavy atom. The Kier molecular flexibility index (Phi) is 5.52. The fourth-order valence-corrected chi connectivity index (χ4v) is 2.78. The molecule has 2 rings (SSSR count). The van der Waals surface area contributed by atoms with Gasteiger partial charge in [-0.25, -0.2) is 0 Å². The van der Waals surface area contributed by atoms with Gasteiger partial charge in [0.15, 0.2) is 11.5 Å². The van der Waals surface area contributed by atoms with Crippen LogP contribution in [0.3, 0.4) is 0 Å². The summed E-state index contributed by atoms with van der Waals surface area (Å²) in [6.07, 6.45) is 3.87. The van der Waals surface area contributed by atoms with Crippen LogP contribution in [-0.4, -0.2) is 43.4 Å². The molecule has 1 aliphatic rings. The Morgan fingerprint density at radius 1 is 1.45 bits per heavy atom. The molecule has 0 amide bonds. The van der Waals surface area contributed by atoms with E-state index in [4.69, 9.17) is 21.1 Å². The van der Waals surface area contributed by atoms with Crippen LogP contribution in [0.4, 0.5) is 0 Å². The quantitative estimate of drug-likeness (QED) is 0.907. The third-order valence-electron chi connectivity index (χ3n) is 3.55. The maximum absolute atomic E-state index is 9.73. The van der Waals surface area contributed by atoms with E-state index >= 15 is 0 Å². The van der Waals surface area contributed by atoms with Crippen molar-refractivity contribution in [3.63, 3.8) is 0 Å². The molecule has 1 atom stereocenters. The molecule has 1 N–H and O–H groups in total. The number of aromatic hydroxyl groups is 1. The maximum atomic E-state index is 9.73. The van der Waals surface area contributed by atoms with Crippen LogP contribution in [0, 0.1) is 0 Å². The largest absolute Gasteiger partial charge is 0.503 e. The van der Waals surface area contributed by atoms with E-state index in [0.29, 0.717) is 16.9 Å². The first-order valence-corrected chi connectivity index (χ1v) is 7.33. The van der Waals surface area contributed by atoms with E-state index in [0.717, 1.165) is 31.7 Å². The van der Waals surface area contributed by atoms with E-state index in [9.17, 15) is 5.11 Å². The molecule has 5 heteroatoms. The Bertz CT molecular complexity index is 447. The van der Waals surface area contributed by atoms with Gasteiger partial charge >= 0.3 is 0 Å². The van der Waals surface area contributed by atoms with E-state index in [1.807, 2.05) is 6.07 Å². The predicted molar refractivity (Wildman–Crippen MR) is 79.6 cm³/mol. The first-order chi connectivity index (χ1) is 9.60. The maximum Gasteiger partial charge on any atom is 0.176 e. The molecule has 1 fully saturated rings. The summed E-state index contributed by atoms with van der Waals surface area (Å²) in [5.41, 5.74) is 1.02. The van der Waals surface area contributed by atoms with Crippen molar-refractivity contribution in [1.29, 1.82) is 0 Å². The first-order valence-electron chi connectivity index (χ1n) is 6.95. The van der Waals surface area contributed by atoms with Crippen LogP contribution in [0.2, 0.25) is 5.02 Å². The van der Waals surface area contributed by atoms with Gasteiger partial charge in [-0.1, -0.05) is 11.6 Å². The summed E-state index contributed by atoms with van der Waals surface area (Å²) in [5, 5.41) is 10.0. The van der Waals surface area contributed by atoms with Gasteiger partial charge in [-0.2, -0.15) is 0 Å². The second-order valence-electron chi connectivity index (χ2n) is 5.31. The van der Waals surface area contributed by atoms with Crippen LogP contribution < -0.4 is 4.74 Å². The normalized spacial score (nSPS) is 19.3. The molecule has 4 nitrogen and oxygen atoms in total. The molecule has 20 heavy (non-hydrogen) atoms. The number of likely N-dealkylation sites (N-methyl/N-ethyl adjacent to an activating group) is 1. The van der Waals surface area contributed by atoms with Gasteiger partial charge in [0.1, 0.15) is 0 Å². The lowest BCUT2D eigenvalue weighted by atomic mass is 10.1. The number of methoxy groups -OCH3 is 1. The summed E-state index contributed by atoms with van der Waals surface area (Å²) in [6.45, 7) is 2.52. The molecule has 1 heterocycles. The number of benzene rings is 1. The van der Waals surface area contributed by atoms with Gasteiger partial charge in [-0.15, -0.1) is 0 Å². The molecule has 1 aromatic rings. The summed E-state index contributed by atoms with van der Waals surface area (Å²) in [5.74, 6) is 0.408. The van der Waals surface area contributed by atoms with Gasteiger partial charge in [0.25, 0.3) is 0 Å². The van der Waals surface area contributed by atoms with Crippen LogP contribution in [0.1, 0.15) is 24.8 Å². The van der Waals surface area contributed by atoms with Gasteiger partial charge in [-0.3, -0.25) is 4.90 Å². The number of phenols is 1. The lowest BCUT2D eigenvalue weighted by Crippen LogP contribution is -2.33. The van der Waals surface area contributed by atoms with Crippen molar-refractivity contribution < 1.29 is 14.6 Å². The zero-order valence-electron chi connectivity index (χ0n) is 12.1. The Morgan fingerprint density at radius 2 is 2.25 bits per heavy atom. The number of phenolic OH excluding ortho intramolecular Hbond substituents is 1. The number of ether oxygens (including phenoxy) is 2. The van der Waals surface area contributed by atoms with E-state index < -0.39 is 0 Å². The molecule has 1 aliphatic heterocycles. The highest BCUT2D eigenvalue weighted by atomic mass is 35.5. The highest BCUT2D eigenvalue weighted by Crippen LogP contribution is 2.35. The average molecular weight is 300 g/mol. The fourth-order valence-electron chi connectivity index (χ4n) is 2.55. The molecular weight excluding hydrogens is 278 g/mol. The Hall–Kier alpha value is -0.970. The smallest absolute Gasteiger partial charge is 0.176 e. The van der Waals surface area contributed by atoms with Crippen molar-refractivity contribution in [3.05, 3.63) is 22.7 Å². The lowest BCUT2D eigenvalue weighted by molar-refractivity contribution is -0.00259. The van der Waals surface area contributed by atoms with Gasteiger partial charge in [-0.05, 0) is 44.0 Å². The van der Waals surface area contributed by atoms with Crippen molar-refractivity contribution in [2.24, 2.45) is 0 Å². The first kappa shape index (κ1) is 15.4. The van der Waals surface area contributed by atoms with Gasteiger partial charge in [0.05, 0.1) is 18.2 Å². The minimum Gasteiger partial charge on any atom is -0.503 e. The van der Waals surface area contributed by atoms with E-state index in [2.05, 4.69) is 11.9 Å². The van der Waals surface area contributed by atoms with Gasteiger partial charge in [0.2, 0.25) is 0 Å². The zero-order valence-corrected chi connectivity index (χ0v) is 12.8. The minimum atomic E-state index is -0.00353. The molecule has 112 valence electrons. The SMILES string of the molecule is COc1cc(CN(C)CC2CCCCO2)cc(Cl)c1O. The second kappa shape index (κ2) is 7.16. The molecule has 0 saturated carbocycles. The Labute approximate surface area is 125 Å². The summed E-state index contributed by atoms with van der Waals surface area (Å²) in [7, 11) is 3.58. The van der Waals surface area contributed by atoms with Gasteiger partial charge in [0, 0.05) is 19.7 Å². The average Bonchev–Trinajstić information content (AvgIpc) is 2.43. The van der Waals surface area contributed by atoms with Crippen molar-refractivity contribution in [2.45, 2.75) is 31.9 Å². The highest BCUT2D eigenvalue weighted by Gasteiger charge is 2.17. The van der Waals surface area contributed by atoms with Gasteiger partial charge < -0.3 is 14.6 Å². The fraction of sp³-hybridized carbons (Fsp3) is 0.600. The molecule has 0 spiro atoms. The number of hydrogen-bond acceptors (Lipinski definition) is 4. The Balaban J connectivity index is 1.96. The van der Waals surface area contributed by atoms with E-state index in [-0.39, 0.29) is 5.75 Å². The second-order valence-corrected chi connectivity index (χ2v) is 5.72. The van der Waals surface area contributed by atoms with Crippen LogP contribution in [-0.2, 0) is 11.3 Å². The monoisotopic (exact) mass is 299 g/mol. The number of halogens is 1. The topological polar surface area (TPSA) is 41.9 Å². The highest BCUT2D eigenvalue weighted by molar-refractivity contribution is 6.32. The van der Waals surface area contributed by atoms with Crippen molar-refractivity contribution in [2.75, 3.05) is 27.3 Å². The number of hydrogen-bond donors (Lipinski definition) is 1. The van der Waals surface area contributed by atoms with E-state index in [1.165, 1.54) is 20.0 Å². The predicted octanol–water partition coefficient (Wildman–Crippen LogP) is 3.06. The summed E-state index contributed by atoms with van der Waals surface area (Å²) < 4.78 is 10.9. The summed E-state index contributed by atoms with van der Waals surface area (Å²) >= 11 is 6.00. The standard InChI is InChI=1S/C15H22ClNO3/c1-17(10-12-5-3-4-6-20-12)9-11-7-13(16)15(18)14(8-11)19-2/h7-8,12,18H,3-6,9-10H2,1-2H3. The molecule has 0 bridgehead atoms. The molecule has 1 unspecified atom stereocenters. The molecule has 0 radical (unpaired) electrons. The van der Waals surface area contributed by atoms with Crippen molar-refractivity contribution in [1.82, 2.24) is 4.90 Å². The third-order valence-corrected chi connectivity index (χ3v) is 3.84. The van der Waals surface area contributed by atoms with Crippen LogP contribution >= 0.6 is 11.6 Å². The summed E-state index contributed by atoms with van der Waals surface area (Å²) in [4.78, 5) is 2.21. The van der Waals surface area contributed by atoms with E-state index in [1.54, 1.807) is 6.07 Å². The van der Waals surface area contributed by atoms with Crippen molar-refractivity contribution >= 4 is 11.6 Å². The third kappa shape index (κ3) is 4.01. The van der Waals surface area contributed by atoms with Crippen molar-refractivity contribution in [3.8, 4) is 11.5 Å². The molecule has 0 aliphatic carbocycles. The number of nitrogens with zero attached hydrogens (tertiary/aromatic N) is 1. The molecule has 1 saturated heterocycles. The van der Waals surface area contributed by atoms with Crippen LogP contribution in [0.15, 0.2) is 12.1 Å². The summed E-state index contributed by atoms with van der Waals surface area (Å²) in [6, 6.07) is 3.59. The van der Waals surface area contributed by atoms with Crippen LogP contribution in [0.25, 0.3) is 0 Å². The minimum absolute atomic E-state index is 0.00353. The number of rotatable bonds is 5. The molecule has 0 aromatic heterocycles. The molecular formula is C15H22ClNO3. The zero-order chi connectivity index (χ0) is 14.5. The van der Waals surface area contributed by atoms with Crippen LogP contribution in [0.5, 0.6) is 11.5 Å². The lowest BCUT2D eigenvalue weighted by Gasteiger charge is -2.27.